The summed E-state index contributed by atoms with van der Waals surface area (Å²) < 4.78 is 5.42. The van der Waals surface area contributed by atoms with Crippen LogP contribution in [0.2, 0.25) is 0 Å². The Balaban J connectivity index is 0.00000132. The average Bonchev–Trinajstić information content (AvgIpc) is 3.03. The molecule has 1 fully saturated rings. The second kappa shape index (κ2) is 4.82. The molecule has 6 nitrogen and oxygen atoms in total. The molecular weight excluding hydrogens is 290 g/mol. The Bertz CT molecular complexity index is 790. The molecule has 1 saturated carbocycles. The maximum Gasteiger partial charge on any atom is 0.260 e. The smallest absolute Gasteiger partial charge is 0.260 e. The molecule has 3 N–H and O–H groups in total. The highest BCUT2D eigenvalue weighted by molar-refractivity contribution is 5.91. The highest BCUT2D eigenvalue weighted by Gasteiger charge is 2.39. The van der Waals surface area contributed by atoms with Crippen molar-refractivity contribution in [3.8, 4) is 11.5 Å². The Labute approximate surface area is 127 Å². The molecule has 1 aliphatic carbocycles. The van der Waals surface area contributed by atoms with Crippen LogP contribution in [0.1, 0.15) is 30.7 Å². The van der Waals surface area contributed by atoms with E-state index >= 15 is 0 Å². The summed E-state index contributed by atoms with van der Waals surface area (Å²) in [6.45, 7) is 2.03. The van der Waals surface area contributed by atoms with Crippen LogP contribution < -0.4 is 5.73 Å². The summed E-state index contributed by atoms with van der Waals surface area (Å²) in [6.07, 6.45) is 4.74. The molecule has 3 aromatic rings. The largest absolute Gasteiger partial charge is 0.334 e. The lowest BCUT2D eigenvalue weighted by Gasteiger charge is -2.34. The minimum Gasteiger partial charge on any atom is -0.334 e. The second-order valence-electron chi connectivity index (χ2n) is 5.58. The van der Waals surface area contributed by atoms with Crippen molar-refractivity contribution < 1.29 is 4.52 Å². The SMILES string of the molecule is Cc1cc(-c2nc(C3(N)CCC3)no2)c2[nH]ncc2c1.Cl. The van der Waals surface area contributed by atoms with Gasteiger partial charge in [0.15, 0.2) is 5.82 Å². The average molecular weight is 306 g/mol. The second-order valence-corrected chi connectivity index (χ2v) is 5.58. The van der Waals surface area contributed by atoms with Crippen molar-refractivity contribution in [1.82, 2.24) is 20.3 Å². The summed E-state index contributed by atoms with van der Waals surface area (Å²) in [7, 11) is 0. The molecule has 2 heterocycles. The Hall–Kier alpha value is -1.92. The first-order valence-electron chi connectivity index (χ1n) is 6.73. The van der Waals surface area contributed by atoms with Crippen LogP contribution >= 0.6 is 12.4 Å². The van der Waals surface area contributed by atoms with E-state index in [4.69, 9.17) is 10.3 Å². The van der Waals surface area contributed by atoms with Crippen LogP contribution in [0.15, 0.2) is 22.9 Å². The van der Waals surface area contributed by atoms with Crippen molar-refractivity contribution in [2.24, 2.45) is 5.73 Å². The number of aryl methyl sites for hydroxylation is 1. The predicted octanol–water partition coefficient (Wildman–Crippen LogP) is 2.68. The Morgan fingerprint density at radius 2 is 2.14 bits per heavy atom. The third-order valence-electron chi connectivity index (χ3n) is 4.04. The summed E-state index contributed by atoms with van der Waals surface area (Å²) >= 11 is 0. The highest BCUT2D eigenvalue weighted by Crippen LogP contribution is 2.38. The molecule has 0 spiro atoms. The number of nitrogens with two attached hydrogens (primary N) is 1. The standard InChI is InChI=1S/C14H15N5O.ClH/c1-8-5-9-7-16-18-11(9)10(6-8)12-17-13(19-20-12)14(15)3-2-4-14;/h5-7H,2-4,15H2,1H3,(H,16,18);1H. The van der Waals surface area contributed by atoms with Gasteiger partial charge in [0.25, 0.3) is 5.89 Å². The Morgan fingerprint density at radius 3 is 2.86 bits per heavy atom. The van der Waals surface area contributed by atoms with Gasteiger partial charge in [0, 0.05) is 5.39 Å². The lowest BCUT2D eigenvalue weighted by molar-refractivity contribution is 0.229. The third-order valence-corrected chi connectivity index (χ3v) is 4.04. The fourth-order valence-corrected chi connectivity index (χ4v) is 2.69. The molecule has 0 atom stereocenters. The molecule has 110 valence electrons. The van der Waals surface area contributed by atoms with Gasteiger partial charge in [-0.25, -0.2) is 0 Å². The minimum atomic E-state index is -0.404. The summed E-state index contributed by atoms with van der Waals surface area (Å²) in [6, 6.07) is 4.08. The molecule has 0 radical (unpaired) electrons. The molecule has 0 bridgehead atoms. The molecule has 7 heteroatoms. The van der Waals surface area contributed by atoms with Crippen molar-refractivity contribution in [3.05, 3.63) is 29.7 Å². The van der Waals surface area contributed by atoms with Crippen molar-refractivity contribution in [2.45, 2.75) is 31.7 Å². The quantitative estimate of drug-likeness (QED) is 0.759. The first-order chi connectivity index (χ1) is 9.66. The van der Waals surface area contributed by atoms with Gasteiger partial charge in [-0.1, -0.05) is 5.16 Å². The van der Waals surface area contributed by atoms with Gasteiger partial charge in [-0.2, -0.15) is 10.1 Å². The number of H-pyrrole nitrogens is 1. The number of aromatic amines is 1. The number of hydrogen-bond acceptors (Lipinski definition) is 5. The van der Waals surface area contributed by atoms with E-state index in [0.717, 1.165) is 41.3 Å². The lowest BCUT2D eigenvalue weighted by atomic mass is 9.77. The maximum atomic E-state index is 6.23. The molecule has 1 aromatic carbocycles. The van der Waals surface area contributed by atoms with Crippen LogP contribution in [0.5, 0.6) is 0 Å². The van der Waals surface area contributed by atoms with E-state index < -0.39 is 5.54 Å². The number of aromatic nitrogens is 4. The van der Waals surface area contributed by atoms with Crippen LogP contribution in [0, 0.1) is 6.92 Å². The van der Waals surface area contributed by atoms with Gasteiger partial charge in [-0.05, 0) is 43.9 Å². The normalized spacial score (nSPS) is 16.5. The fraction of sp³-hybridized carbons (Fsp3) is 0.357. The number of rotatable bonds is 2. The fourth-order valence-electron chi connectivity index (χ4n) is 2.69. The number of fused-ring (bicyclic) bond motifs is 1. The number of nitrogens with one attached hydrogen (secondary N) is 1. The van der Waals surface area contributed by atoms with E-state index in [9.17, 15) is 0 Å². The topological polar surface area (TPSA) is 93.6 Å². The van der Waals surface area contributed by atoms with Crippen LogP contribution in [0.4, 0.5) is 0 Å². The van der Waals surface area contributed by atoms with Gasteiger partial charge in [0.05, 0.1) is 22.8 Å². The molecule has 21 heavy (non-hydrogen) atoms. The molecular formula is C14H16ClN5O. The number of benzene rings is 1. The first kappa shape index (κ1) is 14.0. The van der Waals surface area contributed by atoms with Gasteiger partial charge in [-0.15, -0.1) is 12.4 Å². The summed E-state index contributed by atoms with van der Waals surface area (Å²) in [4.78, 5) is 4.49. The zero-order valence-corrected chi connectivity index (χ0v) is 12.4. The number of halogens is 1. The third kappa shape index (κ3) is 2.11. The van der Waals surface area contributed by atoms with E-state index in [2.05, 4.69) is 26.4 Å². The summed E-state index contributed by atoms with van der Waals surface area (Å²) in [5.74, 6) is 1.10. The first-order valence-corrected chi connectivity index (χ1v) is 6.73. The van der Waals surface area contributed by atoms with Crippen LogP contribution in [0.3, 0.4) is 0 Å². The van der Waals surface area contributed by atoms with E-state index in [-0.39, 0.29) is 12.4 Å². The van der Waals surface area contributed by atoms with E-state index in [1.165, 1.54) is 0 Å². The number of hydrogen-bond donors (Lipinski definition) is 2. The molecule has 0 aliphatic heterocycles. The molecule has 1 aliphatic rings. The zero-order valence-electron chi connectivity index (χ0n) is 11.6. The highest BCUT2D eigenvalue weighted by atomic mass is 35.5. The molecule has 2 aromatic heterocycles. The Kier molecular flexibility index (Phi) is 3.22. The molecule has 4 rings (SSSR count). The van der Waals surface area contributed by atoms with Gasteiger partial charge < -0.3 is 10.3 Å². The maximum absolute atomic E-state index is 6.23. The summed E-state index contributed by atoms with van der Waals surface area (Å²) in [5, 5.41) is 12.1. The van der Waals surface area contributed by atoms with E-state index in [0.29, 0.717) is 11.7 Å². The van der Waals surface area contributed by atoms with Gasteiger partial charge in [0.1, 0.15) is 0 Å². The van der Waals surface area contributed by atoms with Crippen molar-refractivity contribution in [1.29, 1.82) is 0 Å². The monoisotopic (exact) mass is 305 g/mol. The molecule has 0 unspecified atom stereocenters. The van der Waals surface area contributed by atoms with Gasteiger partial charge >= 0.3 is 0 Å². The summed E-state index contributed by atoms with van der Waals surface area (Å²) in [5.41, 5.74) is 8.74. The zero-order chi connectivity index (χ0) is 13.7. The van der Waals surface area contributed by atoms with Gasteiger partial charge in [0.2, 0.25) is 0 Å². The van der Waals surface area contributed by atoms with Crippen LogP contribution in [0.25, 0.3) is 22.4 Å². The molecule has 0 saturated heterocycles. The predicted molar refractivity (Wildman–Crippen MR) is 81.1 cm³/mol. The van der Waals surface area contributed by atoms with E-state index in [1.54, 1.807) is 6.20 Å². The van der Waals surface area contributed by atoms with Crippen molar-refractivity contribution in [2.75, 3.05) is 0 Å². The minimum absolute atomic E-state index is 0. The van der Waals surface area contributed by atoms with Crippen LogP contribution in [-0.2, 0) is 5.54 Å². The van der Waals surface area contributed by atoms with Gasteiger partial charge in [-0.3, -0.25) is 5.10 Å². The lowest BCUT2D eigenvalue weighted by Crippen LogP contribution is -2.44. The molecule has 0 amide bonds. The van der Waals surface area contributed by atoms with E-state index in [1.807, 2.05) is 13.0 Å². The Morgan fingerprint density at radius 1 is 1.33 bits per heavy atom. The number of nitrogens with zero attached hydrogens (tertiary/aromatic N) is 3. The van der Waals surface area contributed by atoms with Crippen molar-refractivity contribution >= 4 is 23.3 Å². The van der Waals surface area contributed by atoms with Crippen molar-refractivity contribution in [3.63, 3.8) is 0 Å². The van der Waals surface area contributed by atoms with Crippen LogP contribution in [-0.4, -0.2) is 20.3 Å².